The van der Waals surface area contributed by atoms with Gasteiger partial charge < -0.3 is 5.73 Å². The highest BCUT2D eigenvalue weighted by Gasteiger charge is 2.39. The van der Waals surface area contributed by atoms with Crippen molar-refractivity contribution >= 4 is 15.9 Å². The van der Waals surface area contributed by atoms with Gasteiger partial charge in [0.15, 0.2) is 0 Å². The molecule has 1 aliphatic carbocycles. The van der Waals surface area contributed by atoms with Gasteiger partial charge >= 0.3 is 0 Å². The van der Waals surface area contributed by atoms with Crippen molar-refractivity contribution < 1.29 is 0 Å². The molecule has 18 heavy (non-hydrogen) atoms. The highest BCUT2D eigenvalue weighted by Crippen LogP contribution is 2.39. The molecule has 1 aliphatic rings. The molecule has 0 aromatic carbocycles. The van der Waals surface area contributed by atoms with Crippen molar-refractivity contribution in [3.05, 3.63) is 15.9 Å². The number of aryl methyl sites for hydroxylation is 2. The molecule has 1 fully saturated rings. The molecule has 1 aromatic heterocycles. The Morgan fingerprint density at radius 2 is 2.17 bits per heavy atom. The maximum Gasteiger partial charge on any atom is 0.0738 e. The fourth-order valence-corrected chi connectivity index (χ4v) is 3.71. The van der Waals surface area contributed by atoms with Crippen molar-refractivity contribution in [1.82, 2.24) is 9.78 Å². The third-order valence-corrected chi connectivity index (χ3v) is 5.85. The number of aromatic nitrogens is 2. The number of halogens is 1. The largest absolute Gasteiger partial charge is 0.324 e. The van der Waals surface area contributed by atoms with Crippen LogP contribution in [0.5, 0.6) is 0 Å². The normalized spacial score (nSPS) is 32.8. The molecular formula is C14H24BrN3. The van der Waals surface area contributed by atoms with Gasteiger partial charge in [0.1, 0.15) is 0 Å². The SMILES string of the molecule is Cc1nn(C)c(CC2(N)CCCC(C)C2C)c1Br. The number of rotatable bonds is 2. The van der Waals surface area contributed by atoms with Crippen molar-refractivity contribution in [2.24, 2.45) is 24.6 Å². The maximum absolute atomic E-state index is 6.71. The van der Waals surface area contributed by atoms with E-state index in [0.29, 0.717) is 5.92 Å². The summed E-state index contributed by atoms with van der Waals surface area (Å²) in [6.45, 7) is 6.67. The first-order chi connectivity index (χ1) is 8.35. The molecule has 2 rings (SSSR count). The van der Waals surface area contributed by atoms with Gasteiger partial charge in [-0.25, -0.2) is 0 Å². The van der Waals surface area contributed by atoms with E-state index in [1.54, 1.807) is 0 Å². The van der Waals surface area contributed by atoms with E-state index in [4.69, 9.17) is 5.73 Å². The van der Waals surface area contributed by atoms with Crippen molar-refractivity contribution in [3.8, 4) is 0 Å². The Labute approximate surface area is 118 Å². The minimum atomic E-state index is -0.0829. The Bertz CT molecular complexity index is 440. The second-order valence-corrected chi connectivity index (χ2v) is 6.83. The highest BCUT2D eigenvalue weighted by molar-refractivity contribution is 9.10. The zero-order valence-corrected chi connectivity index (χ0v) is 13.4. The summed E-state index contributed by atoms with van der Waals surface area (Å²) in [6, 6.07) is 0. The molecule has 0 aliphatic heterocycles. The number of hydrogen-bond donors (Lipinski definition) is 1. The van der Waals surface area contributed by atoms with E-state index >= 15 is 0 Å². The van der Waals surface area contributed by atoms with Gasteiger partial charge in [-0.3, -0.25) is 4.68 Å². The second kappa shape index (κ2) is 4.97. The first kappa shape index (κ1) is 14.1. The molecule has 0 spiro atoms. The molecule has 3 atom stereocenters. The van der Waals surface area contributed by atoms with Crippen LogP contribution in [0.1, 0.15) is 44.5 Å². The molecule has 1 heterocycles. The summed E-state index contributed by atoms with van der Waals surface area (Å²) < 4.78 is 3.10. The molecule has 3 unspecified atom stereocenters. The van der Waals surface area contributed by atoms with Crippen LogP contribution in [-0.4, -0.2) is 15.3 Å². The summed E-state index contributed by atoms with van der Waals surface area (Å²) in [7, 11) is 2.01. The minimum absolute atomic E-state index is 0.0829. The molecule has 0 amide bonds. The summed E-state index contributed by atoms with van der Waals surface area (Å²) in [5.74, 6) is 1.28. The quantitative estimate of drug-likeness (QED) is 0.911. The lowest BCUT2D eigenvalue weighted by Gasteiger charge is -2.43. The standard InChI is InChI=1S/C14H24BrN3/c1-9-6-5-7-14(16,10(9)2)8-12-13(15)11(3)17-18(12)4/h9-10H,5-8,16H2,1-4H3. The number of hydrogen-bond acceptors (Lipinski definition) is 2. The molecule has 3 nitrogen and oxygen atoms in total. The van der Waals surface area contributed by atoms with Crippen LogP contribution in [0.3, 0.4) is 0 Å². The Kier molecular flexibility index (Phi) is 3.88. The Morgan fingerprint density at radius 1 is 1.50 bits per heavy atom. The van der Waals surface area contributed by atoms with E-state index in [1.807, 2.05) is 18.7 Å². The van der Waals surface area contributed by atoms with Crippen molar-refractivity contribution in [2.75, 3.05) is 0 Å². The molecule has 102 valence electrons. The van der Waals surface area contributed by atoms with Crippen LogP contribution < -0.4 is 5.73 Å². The van der Waals surface area contributed by atoms with Gasteiger partial charge in [-0.15, -0.1) is 0 Å². The molecule has 0 radical (unpaired) electrons. The van der Waals surface area contributed by atoms with Crippen LogP contribution in [0.25, 0.3) is 0 Å². The van der Waals surface area contributed by atoms with Crippen molar-refractivity contribution in [2.45, 2.75) is 52.0 Å². The van der Waals surface area contributed by atoms with Crippen LogP contribution in [0.2, 0.25) is 0 Å². The Balaban J connectivity index is 2.26. The molecule has 1 saturated carbocycles. The average molecular weight is 314 g/mol. The summed E-state index contributed by atoms with van der Waals surface area (Å²) >= 11 is 3.65. The highest BCUT2D eigenvalue weighted by atomic mass is 79.9. The zero-order chi connectivity index (χ0) is 13.5. The van der Waals surface area contributed by atoms with Gasteiger partial charge in [0, 0.05) is 19.0 Å². The van der Waals surface area contributed by atoms with Gasteiger partial charge in [0.2, 0.25) is 0 Å². The average Bonchev–Trinajstić information content (AvgIpc) is 2.53. The van der Waals surface area contributed by atoms with E-state index < -0.39 is 0 Å². The summed E-state index contributed by atoms with van der Waals surface area (Å²) in [5.41, 5.74) is 8.91. The van der Waals surface area contributed by atoms with E-state index in [2.05, 4.69) is 34.9 Å². The topological polar surface area (TPSA) is 43.8 Å². The summed E-state index contributed by atoms with van der Waals surface area (Å²) in [4.78, 5) is 0. The first-order valence-corrected chi connectivity index (χ1v) is 7.61. The van der Waals surface area contributed by atoms with E-state index in [-0.39, 0.29) is 5.54 Å². The third-order valence-electron chi connectivity index (χ3n) is 4.82. The Morgan fingerprint density at radius 3 is 2.72 bits per heavy atom. The first-order valence-electron chi connectivity index (χ1n) is 6.82. The fourth-order valence-electron chi connectivity index (χ4n) is 3.23. The molecule has 0 saturated heterocycles. The van der Waals surface area contributed by atoms with Gasteiger partial charge in [0.25, 0.3) is 0 Å². The summed E-state index contributed by atoms with van der Waals surface area (Å²) in [6.07, 6.45) is 4.59. The predicted octanol–water partition coefficient (Wildman–Crippen LogP) is 3.19. The van der Waals surface area contributed by atoms with Gasteiger partial charge in [-0.1, -0.05) is 26.7 Å². The van der Waals surface area contributed by atoms with Gasteiger partial charge in [-0.05, 0) is 41.1 Å². The van der Waals surface area contributed by atoms with Crippen LogP contribution >= 0.6 is 15.9 Å². The van der Waals surface area contributed by atoms with Crippen LogP contribution in [0, 0.1) is 18.8 Å². The second-order valence-electron chi connectivity index (χ2n) is 6.04. The monoisotopic (exact) mass is 313 g/mol. The van der Waals surface area contributed by atoms with Crippen LogP contribution in [0.4, 0.5) is 0 Å². The van der Waals surface area contributed by atoms with Gasteiger partial charge in [0.05, 0.1) is 15.9 Å². The third kappa shape index (κ3) is 2.37. The minimum Gasteiger partial charge on any atom is -0.324 e. The van der Waals surface area contributed by atoms with Crippen LogP contribution in [0.15, 0.2) is 4.47 Å². The molecule has 0 bridgehead atoms. The zero-order valence-electron chi connectivity index (χ0n) is 11.8. The molecule has 1 aromatic rings. The smallest absolute Gasteiger partial charge is 0.0738 e. The molecule has 4 heteroatoms. The van der Waals surface area contributed by atoms with Gasteiger partial charge in [-0.2, -0.15) is 5.10 Å². The summed E-state index contributed by atoms with van der Waals surface area (Å²) in [5, 5.41) is 4.47. The molecular weight excluding hydrogens is 290 g/mol. The lowest BCUT2D eigenvalue weighted by molar-refractivity contribution is 0.141. The fraction of sp³-hybridized carbons (Fsp3) is 0.786. The lowest BCUT2D eigenvalue weighted by atomic mass is 9.67. The van der Waals surface area contributed by atoms with Crippen molar-refractivity contribution in [1.29, 1.82) is 0 Å². The number of nitrogens with zero attached hydrogens (tertiary/aromatic N) is 2. The predicted molar refractivity (Wildman–Crippen MR) is 78.4 cm³/mol. The van der Waals surface area contributed by atoms with Crippen molar-refractivity contribution in [3.63, 3.8) is 0 Å². The van der Waals surface area contributed by atoms with E-state index in [0.717, 1.165) is 28.9 Å². The lowest BCUT2D eigenvalue weighted by Crippen LogP contribution is -2.52. The van der Waals surface area contributed by atoms with Crippen LogP contribution in [-0.2, 0) is 13.5 Å². The van der Waals surface area contributed by atoms with E-state index in [9.17, 15) is 0 Å². The van der Waals surface area contributed by atoms with E-state index in [1.165, 1.54) is 18.5 Å². The molecule has 2 N–H and O–H groups in total. The Hall–Kier alpha value is -0.350. The maximum atomic E-state index is 6.71. The number of nitrogens with two attached hydrogens (primary N) is 1.